The summed E-state index contributed by atoms with van der Waals surface area (Å²) in [6, 6.07) is 0. The van der Waals surface area contributed by atoms with Crippen molar-refractivity contribution in [3.05, 3.63) is 24.3 Å². The SMILES string of the molecule is C=C(C)C(=O)OC1CCC2CCCC2(CO)C1(CO)OC(=O)C(=C)C. The fraction of sp³-hybridized carbons (Fsp3) is 0.684. The summed E-state index contributed by atoms with van der Waals surface area (Å²) in [4.78, 5) is 24.4. The zero-order chi connectivity index (χ0) is 18.8. The van der Waals surface area contributed by atoms with Crippen LogP contribution in [0.25, 0.3) is 0 Å². The topological polar surface area (TPSA) is 93.1 Å². The normalized spacial score (nSPS) is 34.1. The molecule has 0 aliphatic heterocycles. The van der Waals surface area contributed by atoms with Crippen molar-refractivity contribution < 1.29 is 29.3 Å². The van der Waals surface area contributed by atoms with Crippen LogP contribution in [-0.4, -0.2) is 47.1 Å². The fourth-order valence-electron chi connectivity index (χ4n) is 4.47. The average Bonchev–Trinajstić information content (AvgIpc) is 3.01. The molecular formula is C19H28O6. The Labute approximate surface area is 148 Å². The van der Waals surface area contributed by atoms with Crippen LogP contribution in [0.15, 0.2) is 24.3 Å². The zero-order valence-corrected chi connectivity index (χ0v) is 15.0. The minimum absolute atomic E-state index is 0.0994. The summed E-state index contributed by atoms with van der Waals surface area (Å²) in [5.74, 6) is -1.16. The van der Waals surface area contributed by atoms with Gasteiger partial charge in [0.05, 0.1) is 13.2 Å². The maximum absolute atomic E-state index is 12.3. The quantitative estimate of drug-likeness (QED) is 0.560. The summed E-state index contributed by atoms with van der Waals surface area (Å²) in [5.41, 5.74) is -1.90. The molecule has 0 aromatic rings. The highest BCUT2D eigenvalue weighted by Crippen LogP contribution is 2.59. The van der Waals surface area contributed by atoms with E-state index < -0.39 is 35.7 Å². The van der Waals surface area contributed by atoms with Gasteiger partial charge in [0, 0.05) is 16.6 Å². The van der Waals surface area contributed by atoms with Crippen LogP contribution in [0.5, 0.6) is 0 Å². The van der Waals surface area contributed by atoms with E-state index in [0.717, 1.165) is 19.3 Å². The molecule has 0 saturated heterocycles. The molecule has 6 heteroatoms. The van der Waals surface area contributed by atoms with Gasteiger partial charge >= 0.3 is 11.9 Å². The summed E-state index contributed by atoms with van der Waals surface area (Å²) < 4.78 is 11.3. The number of esters is 2. The second-order valence-corrected chi connectivity index (χ2v) is 7.37. The third kappa shape index (κ3) is 3.13. The number of hydrogen-bond acceptors (Lipinski definition) is 6. The molecule has 0 amide bonds. The molecule has 0 bridgehead atoms. The molecular weight excluding hydrogens is 324 g/mol. The predicted molar refractivity (Wildman–Crippen MR) is 91.5 cm³/mol. The Hall–Kier alpha value is -1.66. The van der Waals surface area contributed by atoms with Gasteiger partial charge in [0.15, 0.2) is 5.60 Å². The summed E-state index contributed by atoms with van der Waals surface area (Å²) in [5, 5.41) is 20.6. The van der Waals surface area contributed by atoms with Gasteiger partial charge in [-0.25, -0.2) is 9.59 Å². The van der Waals surface area contributed by atoms with Crippen molar-refractivity contribution in [3.63, 3.8) is 0 Å². The molecule has 140 valence electrons. The van der Waals surface area contributed by atoms with Crippen molar-refractivity contribution in [1.29, 1.82) is 0 Å². The van der Waals surface area contributed by atoms with Crippen molar-refractivity contribution in [2.24, 2.45) is 11.3 Å². The molecule has 25 heavy (non-hydrogen) atoms. The average molecular weight is 352 g/mol. The van der Waals surface area contributed by atoms with Gasteiger partial charge < -0.3 is 19.7 Å². The molecule has 2 aliphatic rings. The molecule has 0 radical (unpaired) electrons. The largest absolute Gasteiger partial charge is 0.455 e. The van der Waals surface area contributed by atoms with E-state index in [1.165, 1.54) is 13.8 Å². The predicted octanol–water partition coefficient (Wildman–Crippen LogP) is 1.90. The van der Waals surface area contributed by atoms with E-state index in [9.17, 15) is 19.8 Å². The second-order valence-electron chi connectivity index (χ2n) is 7.37. The van der Waals surface area contributed by atoms with Gasteiger partial charge in [-0.05, 0) is 45.4 Å². The highest BCUT2D eigenvalue weighted by Gasteiger charge is 2.66. The molecule has 0 aromatic carbocycles. The van der Waals surface area contributed by atoms with E-state index in [2.05, 4.69) is 13.2 Å². The number of aliphatic hydroxyl groups excluding tert-OH is 2. The van der Waals surface area contributed by atoms with Gasteiger partial charge in [-0.3, -0.25) is 0 Å². The van der Waals surface area contributed by atoms with E-state index >= 15 is 0 Å². The molecule has 4 atom stereocenters. The van der Waals surface area contributed by atoms with Crippen LogP contribution in [0.1, 0.15) is 46.0 Å². The molecule has 2 aliphatic carbocycles. The van der Waals surface area contributed by atoms with Gasteiger partial charge in [0.1, 0.15) is 6.10 Å². The van der Waals surface area contributed by atoms with Crippen molar-refractivity contribution in [2.45, 2.75) is 57.7 Å². The maximum atomic E-state index is 12.3. The van der Waals surface area contributed by atoms with E-state index in [-0.39, 0.29) is 23.7 Å². The van der Waals surface area contributed by atoms with Gasteiger partial charge in [-0.15, -0.1) is 0 Å². The van der Waals surface area contributed by atoms with Crippen molar-refractivity contribution in [3.8, 4) is 0 Å². The first-order chi connectivity index (χ1) is 11.7. The summed E-state index contributed by atoms with van der Waals surface area (Å²) >= 11 is 0. The first kappa shape index (κ1) is 19.7. The molecule has 4 unspecified atom stereocenters. The first-order valence-electron chi connectivity index (χ1n) is 8.71. The van der Waals surface area contributed by atoms with Crippen LogP contribution < -0.4 is 0 Å². The van der Waals surface area contributed by atoms with Crippen LogP contribution in [0, 0.1) is 11.3 Å². The van der Waals surface area contributed by atoms with Crippen LogP contribution in [0.3, 0.4) is 0 Å². The molecule has 2 rings (SSSR count). The number of ether oxygens (including phenoxy) is 2. The Morgan fingerprint density at radius 1 is 1.04 bits per heavy atom. The van der Waals surface area contributed by atoms with Gasteiger partial charge in [-0.2, -0.15) is 0 Å². The smallest absolute Gasteiger partial charge is 0.333 e. The van der Waals surface area contributed by atoms with Crippen LogP contribution in [0.2, 0.25) is 0 Å². The maximum Gasteiger partial charge on any atom is 0.333 e. The Morgan fingerprint density at radius 2 is 1.68 bits per heavy atom. The second kappa shape index (κ2) is 7.30. The van der Waals surface area contributed by atoms with Crippen molar-refractivity contribution >= 4 is 11.9 Å². The number of hydrogen-bond donors (Lipinski definition) is 2. The Morgan fingerprint density at radius 3 is 2.20 bits per heavy atom. The van der Waals surface area contributed by atoms with E-state index in [1.54, 1.807) is 0 Å². The lowest BCUT2D eigenvalue weighted by Crippen LogP contribution is -2.67. The third-order valence-electron chi connectivity index (χ3n) is 5.84. The molecule has 2 fully saturated rings. The highest BCUT2D eigenvalue weighted by molar-refractivity contribution is 5.88. The lowest BCUT2D eigenvalue weighted by molar-refractivity contribution is -0.250. The van der Waals surface area contributed by atoms with Crippen molar-refractivity contribution in [2.75, 3.05) is 13.2 Å². The molecule has 2 N–H and O–H groups in total. The zero-order valence-electron chi connectivity index (χ0n) is 15.0. The van der Waals surface area contributed by atoms with E-state index in [4.69, 9.17) is 9.47 Å². The summed E-state index contributed by atoms with van der Waals surface area (Å²) in [6.07, 6.45) is 2.69. The lowest BCUT2D eigenvalue weighted by Gasteiger charge is -2.55. The van der Waals surface area contributed by atoms with Crippen LogP contribution in [0.4, 0.5) is 0 Å². The fourth-order valence-corrected chi connectivity index (χ4v) is 4.47. The minimum Gasteiger partial charge on any atom is -0.455 e. The molecule has 0 heterocycles. The van der Waals surface area contributed by atoms with E-state index in [0.29, 0.717) is 12.8 Å². The molecule has 0 spiro atoms. The summed E-state index contributed by atoms with van der Waals surface area (Å²) in [7, 11) is 0. The Balaban J connectivity index is 2.50. The number of rotatable bonds is 6. The number of fused-ring (bicyclic) bond motifs is 1. The number of aliphatic hydroxyl groups is 2. The molecule has 6 nitrogen and oxygen atoms in total. The number of carbonyl (C=O) groups excluding carboxylic acids is 2. The lowest BCUT2D eigenvalue weighted by atomic mass is 9.57. The Bertz CT molecular complexity index is 582. The third-order valence-corrected chi connectivity index (χ3v) is 5.84. The van der Waals surface area contributed by atoms with Gasteiger partial charge in [0.25, 0.3) is 0 Å². The first-order valence-corrected chi connectivity index (χ1v) is 8.71. The van der Waals surface area contributed by atoms with Gasteiger partial charge in [-0.1, -0.05) is 19.6 Å². The number of carbonyl (C=O) groups is 2. The molecule has 0 aromatic heterocycles. The van der Waals surface area contributed by atoms with Gasteiger partial charge in [0.2, 0.25) is 0 Å². The van der Waals surface area contributed by atoms with Crippen LogP contribution >= 0.6 is 0 Å². The monoisotopic (exact) mass is 352 g/mol. The highest BCUT2D eigenvalue weighted by atomic mass is 16.6. The minimum atomic E-state index is -1.48. The van der Waals surface area contributed by atoms with Crippen molar-refractivity contribution in [1.82, 2.24) is 0 Å². The standard InChI is InChI=1S/C19H28O6/c1-12(2)16(22)24-15-8-7-14-6-5-9-18(14,10-20)19(15,11-21)25-17(23)13(3)4/h14-15,20-21H,1,3,5-11H2,2,4H3. The Kier molecular flexibility index (Phi) is 5.74. The molecule has 2 saturated carbocycles. The summed E-state index contributed by atoms with van der Waals surface area (Å²) in [6.45, 7) is 9.45. The van der Waals surface area contributed by atoms with Crippen LogP contribution in [-0.2, 0) is 19.1 Å². The van der Waals surface area contributed by atoms with E-state index in [1.807, 2.05) is 0 Å².